The molecular formula is C12H14BrFNO2Si. The standard InChI is InChI=1S/C12H14BrFNO2Si/c1-3-17-10(16)6-12(15,18)9-5-8(13)4-7(2)11(9)14/h4-5H,3,6,15H2,1-2H3/t12-/m0/s1. The number of hydrogen-bond donors (Lipinski definition) is 1. The van der Waals surface area contributed by atoms with Crippen LogP contribution in [0.5, 0.6) is 0 Å². The summed E-state index contributed by atoms with van der Waals surface area (Å²) >= 11 is 3.28. The fraction of sp³-hybridized carbons (Fsp3) is 0.417. The molecule has 0 spiro atoms. The Balaban J connectivity index is 3.08. The third kappa shape index (κ3) is 3.63. The van der Waals surface area contributed by atoms with Crippen molar-refractivity contribution in [3.8, 4) is 0 Å². The first-order valence-electron chi connectivity index (χ1n) is 5.43. The van der Waals surface area contributed by atoms with E-state index >= 15 is 0 Å². The van der Waals surface area contributed by atoms with E-state index in [9.17, 15) is 9.18 Å². The van der Waals surface area contributed by atoms with Gasteiger partial charge in [-0.15, -0.1) is 0 Å². The quantitative estimate of drug-likeness (QED) is 0.679. The molecular weight excluding hydrogens is 317 g/mol. The Hall–Kier alpha value is -0.723. The van der Waals surface area contributed by atoms with Crippen LogP contribution in [0.4, 0.5) is 4.39 Å². The van der Waals surface area contributed by atoms with Crippen LogP contribution in [-0.2, 0) is 14.7 Å². The van der Waals surface area contributed by atoms with Gasteiger partial charge in [0, 0.05) is 15.2 Å². The molecule has 0 aliphatic rings. The van der Waals surface area contributed by atoms with Crippen LogP contribution >= 0.6 is 15.9 Å². The number of rotatable bonds is 4. The minimum atomic E-state index is -1.29. The highest BCUT2D eigenvalue weighted by molar-refractivity contribution is 9.10. The zero-order chi connectivity index (χ0) is 13.9. The van der Waals surface area contributed by atoms with E-state index in [4.69, 9.17) is 10.5 Å². The molecule has 18 heavy (non-hydrogen) atoms. The maximum absolute atomic E-state index is 14.0. The summed E-state index contributed by atoms with van der Waals surface area (Å²) in [4.78, 5) is 11.4. The molecule has 1 atom stereocenters. The highest BCUT2D eigenvalue weighted by atomic mass is 79.9. The second-order valence-corrected chi connectivity index (χ2v) is 5.85. The molecule has 0 saturated carbocycles. The molecule has 3 nitrogen and oxygen atoms in total. The van der Waals surface area contributed by atoms with Crippen molar-refractivity contribution in [2.24, 2.45) is 5.73 Å². The largest absolute Gasteiger partial charge is 0.466 e. The fourth-order valence-electron chi connectivity index (χ4n) is 1.59. The van der Waals surface area contributed by atoms with Crippen LogP contribution in [0.2, 0.25) is 0 Å². The topological polar surface area (TPSA) is 52.3 Å². The predicted octanol–water partition coefficient (Wildman–Crippen LogP) is 2.13. The summed E-state index contributed by atoms with van der Waals surface area (Å²) < 4.78 is 19.5. The predicted molar refractivity (Wildman–Crippen MR) is 71.7 cm³/mol. The number of carbonyl (C=O) groups is 1. The molecule has 2 N–H and O–H groups in total. The third-order valence-corrected chi connectivity index (χ3v) is 3.33. The van der Waals surface area contributed by atoms with Crippen LogP contribution in [-0.4, -0.2) is 22.8 Å². The first kappa shape index (κ1) is 15.3. The number of esters is 1. The molecule has 0 aliphatic carbocycles. The molecule has 0 fully saturated rings. The van der Waals surface area contributed by atoms with E-state index in [2.05, 4.69) is 26.2 Å². The average Bonchev–Trinajstić information content (AvgIpc) is 2.22. The first-order valence-corrected chi connectivity index (χ1v) is 6.73. The van der Waals surface area contributed by atoms with Crippen LogP contribution in [0.1, 0.15) is 24.5 Å². The Kier molecular flexibility index (Phi) is 5.07. The van der Waals surface area contributed by atoms with Crippen molar-refractivity contribution in [1.82, 2.24) is 0 Å². The lowest BCUT2D eigenvalue weighted by Gasteiger charge is -2.25. The van der Waals surface area contributed by atoms with Crippen LogP contribution in [0.3, 0.4) is 0 Å². The van der Waals surface area contributed by atoms with E-state index in [-0.39, 0.29) is 18.6 Å². The summed E-state index contributed by atoms with van der Waals surface area (Å²) in [5.74, 6) is -0.910. The van der Waals surface area contributed by atoms with Crippen molar-refractivity contribution in [3.05, 3.63) is 33.5 Å². The highest BCUT2D eigenvalue weighted by Crippen LogP contribution is 2.28. The number of nitrogens with two attached hydrogens (primary N) is 1. The van der Waals surface area contributed by atoms with Gasteiger partial charge >= 0.3 is 5.97 Å². The van der Waals surface area contributed by atoms with Gasteiger partial charge in [0.15, 0.2) is 0 Å². The van der Waals surface area contributed by atoms with Crippen LogP contribution in [0.15, 0.2) is 16.6 Å². The summed E-state index contributed by atoms with van der Waals surface area (Å²) in [6, 6.07) is 3.19. The first-order chi connectivity index (χ1) is 8.27. The number of halogens is 2. The van der Waals surface area contributed by atoms with E-state index in [1.54, 1.807) is 26.0 Å². The molecule has 97 valence electrons. The van der Waals surface area contributed by atoms with Gasteiger partial charge in [0.2, 0.25) is 0 Å². The van der Waals surface area contributed by atoms with Crippen molar-refractivity contribution < 1.29 is 13.9 Å². The lowest BCUT2D eigenvalue weighted by atomic mass is 10.0. The van der Waals surface area contributed by atoms with Crippen molar-refractivity contribution in [2.75, 3.05) is 6.61 Å². The van der Waals surface area contributed by atoms with E-state index in [1.165, 1.54) is 0 Å². The van der Waals surface area contributed by atoms with Gasteiger partial charge in [-0.1, -0.05) is 15.9 Å². The molecule has 0 unspecified atom stereocenters. The summed E-state index contributed by atoms with van der Waals surface area (Å²) in [6.45, 7) is 3.60. The number of aryl methyl sites for hydroxylation is 1. The monoisotopic (exact) mass is 330 g/mol. The van der Waals surface area contributed by atoms with Crippen LogP contribution < -0.4 is 5.73 Å². The van der Waals surface area contributed by atoms with Gasteiger partial charge in [-0.2, -0.15) is 0 Å². The van der Waals surface area contributed by atoms with Crippen LogP contribution in [0, 0.1) is 12.7 Å². The van der Waals surface area contributed by atoms with E-state index in [1.807, 2.05) is 0 Å². The van der Waals surface area contributed by atoms with E-state index in [0.29, 0.717) is 10.0 Å². The smallest absolute Gasteiger partial charge is 0.307 e. The lowest BCUT2D eigenvalue weighted by Crippen LogP contribution is -2.41. The van der Waals surface area contributed by atoms with E-state index in [0.717, 1.165) is 0 Å². The number of carbonyl (C=O) groups excluding carboxylic acids is 1. The Bertz CT molecular complexity index is 466. The SMILES string of the molecule is CCOC(=O)C[C@](N)([Si])c1cc(Br)cc(C)c1F. The van der Waals surface area contributed by atoms with Crippen LogP contribution in [0.25, 0.3) is 0 Å². The molecule has 0 aromatic heterocycles. The fourth-order valence-corrected chi connectivity index (χ4v) is 2.48. The number of hydrogen-bond acceptors (Lipinski definition) is 3. The van der Waals surface area contributed by atoms with Crippen molar-refractivity contribution in [2.45, 2.75) is 25.4 Å². The van der Waals surface area contributed by atoms with Crippen molar-refractivity contribution >= 4 is 32.1 Å². The van der Waals surface area contributed by atoms with Crippen molar-refractivity contribution in [1.29, 1.82) is 0 Å². The maximum atomic E-state index is 14.0. The minimum Gasteiger partial charge on any atom is -0.466 e. The Labute approximate surface area is 117 Å². The van der Waals surface area contributed by atoms with Gasteiger partial charge in [0.25, 0.3) is 0 Å². The zero-order valence-electron chi connectivity index (χ0n) is 10.2. The Morgan fingerprint density at radius 2 is 2.22 bits per heavy atom. The summed E-state index contributed by atoms with van der Waals surface area (Å²) in [5, 5.41) is -1.29. The molecule has 3 radical (unpaired) electrons. The Morgan fingerprint density at radius 1 is 1.61 bits per heavy atom. The zero-order valence-corrected chi connectivity index (χ0v) is 12.8. The summed E-state index contributed by atoms with van der Waals surface area (Å²) in [6.07, 6.45) is -0.148. The normalized spacial score (nSPS) is 14.1. The molecule has 0 amide bonds. The summed E-state index contributed by atoms with van der Waals surface area (Å²) in [7, 11) is 3.25. The molecule has 1 aromatic rings. The summed E-state index contributed by atoms with van der Waals surface area (Å²) in [5.41, 5.74) is 6.64. The van der Waals surface area contributed by atoms with Gasteiger partial charge in [-0.25, -0.2) is 4.39 Å². The molecule has 0 saturated heterocycles. The van der Waals surface area contributed by atoms with E-state index < -0.39 is 16.9 Å². The number of ether oxygens (including phenoxy) is 1. The van der Waals surface area contributed by atoms with Gasteiger partial charge in [-0.05, 0) is 31.5 Å². The van der Waals surface area contributed by atoms with Gasteiger partial charge in [0.05, 0.1) is 23.3 Å². The molecule has 0 bridgehead atoms. The number of benzene rings is 1. The molecule has 0 heterocycles. The molecule has 6 heteroatoms. The molecule has 1 rings (SSSR count). The van der Waals surface area contributed by atoms with Crippen molar-refractivity contribution in [3.63, 3.8) is 0 Å². The van der Waals surface area contributed by atoms with Gasteiger partial charge in [-0.3, -0.25) is 4.79 Å². The van der Waals surface area contributed by atoms with Gasteiger partial charge < -0.3 is 10.5 Å². The molecule has 1 aromatic carbocycles. The second-order valence-electron chi connectivity index (χ2n) is 4.04. The average molecular weight is 331 g/mol. The second kappa shape index (κ2) is 5.95. The van der Waals surface area contributed by atoms with Gasteiger partial charge in [0.1, 0.15) is 5.82 Å². The lowest BCUT2D eigenvalue weighted by molar-refractivity contribution is -0.143. The minimum absolute atomic E-state index is 0.148. The Morgan fingerprint density at radius 3 is 2.78 bits per heavy atom. The molecule has 0 aliphatic heterocycles. The maximum Gasteiger partial charge on any atom is 0.307 e. The third-order valence-electron chi connectivity index (χ3n) is 2.43. The highest BCUT2D eigenvalue weighted by Gasteiger charge is 2.29.